The van der Waals surface area contributed by atoms with E-state index in [9.17, 15) is 27.2 Å². The summed E-state index contributed by atoms with van der Waals surface area (Å²) in [5.74, 6) is -9.12. The lowest BCUT2D eigenvalue weighted by Crippen LogP contribution is -2.11. The number of carbonyl (C=O) groups excluding carboxylic acids is 2. The lowest BCUT2D eigenvalue weighted by molar-refractivity contribution is 0.0505. The van der Waals surface area contributed by atoms with Gasteiger partial charge in [0.25, 0.3) is 5.91 Å². The van der Waals surface area contributed by atoms with Crippen molar-refractivity contribution < 1.29 is 41.0 Å². The number of anilines is 1. The first-order valence-corrected chi connectivity index (χ1v) is 9.43. The van der Waals surface area contributed by atoms with Crippen LogP contribution in [0.1, 0.15) is 40.0 Å². The first-order chi connectivity index (χ1) is 15.3. The van der Waals surface area contributed by atoms with Gasteiger partial charge in [-0.3, -0.25) is 4.79 Å². The average Bonchev–Trinajstić information content (AvgIpc) is 3.26. The summed E-state index contributed by atoms with van der Waals surface area (Å²) in [6.07, 6.45) is 0.694. The Morgan fingerprint density at radius 3 is 2.25 bits per heavy atom. The van der Waals surface area contributed by atoms with E-state index in [1.165, 1.54) is 36.4 Å². The average molecular weight is 451 g/mol. The molecule has 1 heterocycles. The molecule has 0 radical (unpaired) electrons. The number of hydrogen-bond donors (Lipinski definition) is 1. The van der Waals surface area contributed by atoms with Gasteiger partial charge >= 0.3 is 5.97 Å². The van der Waals surface area contributed by atoms with Gasteiger partial charge in [0.05, 0.1) is 12.2 Å². The van der Waals surface area contributed by atoms with Gasteiger partial charge in [0.15, 0.2) is 23.1 Å². The highest BCUT2D eigenvalue weighted by molar-refractivity contribution is 6.02. The van der Waals surface area contributed by atoms with Crippen molar-refractivity contribution in [3.05, 3.63) is 82.8 Å². The van der Waals surface area contributed by atoms with E-state index in [1.807, 2.05) is 6.92 Å². The van der Waals surface area contributed by atoms with Gasteiger partial charge in [-0.05, 0) is 42.8 Å². The van der Waals surface area contributed by atoms with Crippen molar-refractivity contribution in [2.45, 2.75) is 20.0 Å². The monoisotopic (exact) mass is 451 g/mol. The number of hydrogen-bond acceptors (Lipinski definition) is 5. The fraction of sp³-hybridized carbons (Fsp3) is 0.182. The molecule has 1 amide bonds. The number of nitrogens with one attached hydrogen (secondary N) is 1. The van der Waals surface area contributed by atoms with Crippen LogP contribution in [-0.2, 0) is 11.3 Å². The summed E-state index contributed by atoms with van der Waals surface area (Å²) < 4.78 is 68.8. The van der Waals surface area contributed by atoms with Crippen LogP contribution in [0.5, 0.6) is 5.75 Å². The van der Waals surface area contributed by atoms with Crippen LogP contribution in [-0.4, -0.2) is 18.5 Å². The molecule has 0 spiro atoms. The second-order valence-electron chi connectivity index (χ2n) is 6.52. The van der Waals surface area contributed by atoms with E-state index in [1.54, 1.807) is 0 Å². The van der Waals surface area contributed by atoms with Crippen LogP contribution in [0.25, 0.3) is 0 Å². The number of halogens is 4. The molecule has 3 aromatic rings. The molecule has 0 aliphatic heterocycles. The minimum atomic E-state index is -1.68. The van der Waals surface area contributed by atoms with E-state index >= 15 is 0 Å². The third-order valence-electron chi connectivity index (χ3n) is 4.13. The lowest BCUT2D eigenvalue weighted by atomic mass is 10.2. The number of ether oxygens (including phenoxy) is 2. The minimum Gasteiger partial charge on any atom is -0.479 e. The number of rotatable bonds is 8. The van der Waals surface area contributed by atoms with E-state index in [-0.39, 0.29) is 17.6 Å². The number of furan rings is 1. The van der Waals surface area contributed by atoms with E-state index < -0.39 is 47.5 Å². The van der Waals surface area contributed by atoms with E-state index in [0.29, 0.717) is 24.3 Å². The molecule has 32 heavy (non-hydrogen) atoms. The summed E-state index contributed by atoms with van der Waals surface area (Å²) in [4.78, 5) is 24.1. The molecule has 0 saturated heterocycles. The van der Waals surface area contributed by atoms with Crippen molar-refractivity contribution in [2.24, 2.45) is 0 Å². The second kappa shape index (κ2) is 9.99. The molecular formula is C22H17F4NO5. The number of esters is 1. The zero-order valence-corrected chi connectivity index (χ0v) is 16.7. The minimum absolute atomic E-state index is 0.0207. The fourth-order valence-electron chi connectivity index (χ4n) is 2.56. The molecule has 0 aliphatic carbocycles. The molecule has 0 bridgehead atoms. The molecule has 10 heteroatoms. The summed E-state index contributed by atoms with van der Waals surface area (Å²) in [5, 5.41) is 2.54. The Kier molecular flexibility index (Phi) is 7.14. The molecule has 3 rings (SSSR count). The van der Waals surface area contributed by atoms with Crippen molar-refractivity contribution in [2.75, 3.05) is 11.9 Å². The van der Waals surface area contributed by atoms with Gasteiger partial charge in [0, 0.05) is 11.8 Å². The van der Waals surface area contributed by atoms with Gasteiger partial charge in [0.2, 0.25) is 11.6 Å². The van der Waals surface area contributed by atoms with Crippen molar-refractivity contribution in [3.8, 4) is 5.75 Å². The van der Waals surface area contributed by atoms with Crippen LogP contribution in [0.2, 0.25) is 0 Å². The first kappa shape index (κ1) is 22.9. The van der Waals surface area contributed by atoms with E-state index in [4.69, 9.17) is 13.9 Å². The molecule has 0 fully saturated rings. The molecule has 168 valence electrons. The predicted octanol–water partition coefficient (Wildman–Crippen LogP) is 5.23. The maximum atomic E-state index is 13.6. The highest BCUT2D eigenvalue weighted by Crippen LogP contribution is 2.27. The van der Waals surface area contributed by atoms with E-state index in [2.05, 4.69) is 5.32 Å². The normalized spacial score (nSPS) is 10.7. The molecule has 0 unspecified atom stereocenters. The largest absolute Gasteiger partial charge is 0.479 e. The van der Waals surface area contributed by atoms with Crippen molar-refractivity contribution in [1.29, 1.82) is 0 Å². The van der Waals surface area contributed by atoms with Crippen LogP contribution < -0.4 is 10.1 Å². The number of carbonyl (C=O) groups is 2. The molecule has 2 aromatic carbocycles. The van der Waals surface area contributed by atoms with Crippen molar-refractivity contribution in [3.63, 3.8) is 0 Å². The number of benzene rings is 2. The van der Waals surface area contributed by atoms with Crippen LogP contribution in [0.15, 0.2) is 46.9 Å². The molecule has 1 aromatic heterocycles. The third-order valence-corrected chi connectivity index (χ3v) is 4.13. The Labute approximate surface area is 179 Å². The molecule has 0 saturated carbocycles. The fourth-order valence-corrected chi connectivity index (χ4v) is 2.56. The van der Waals surface area contributed by atoms with Crippen LogP contribution in [0, 0.1) is 23.3 Å². The third kappa shape index (κ3) is 5.26. The van der Waals surface area contributed by atoms with Crippen LogP contribution in [0.3, 0.4) is 0 Å². The second-order valence-corrected chi connectivity index (χ2v) is 6.52. The van der Waals surface area contributed by atoms with Gasteiger partial charge in [-0.2, -0.15) is 8.78 Å². The van der Waals surface area contributed by atoms with Crippen molar-refractivity contribution in [1.82, 2.24) is 0 Å². The maximum absolute atomic E-state index is 13.6. The summed E-state index contributed by atoms with van der Waals surface area (Å²) in [5.41, 5.74) is 0.692. The highest BCUT2D eigenvalue weighted by atomic mass is 19.2. The van der Waals surface area contributed by atoms with Crippen molar-refractivity contribution >= 4 is 17.6 Å². The summed E-state index contributed by atoms with van der Waals surface area (Å²) in [7, 11) is 0. The van der Waals surface area contributed by atoms with Gasteiger partial charge in [-0.15, -0.1) is 0 Å². The lowest BCUT2D eigenvalue weighted by Gasteiger charge is -2.08. The Morgan fingerprint density at radius 1 is 0.969 bits per heavy atom. The summed E-state index contributed by atoms with van der Waals surface area (Å²) in [6.45, 7) is 1.59. The standard InChI is InChI=1S/C22H17F4NO5/c1-2-9-30-22(29)12-3-5-13(6-4-12)27-21(28)17-8-7-14(32-17)11-31-20-18(25)15(23)10-16(24)19(20)26/h3-8,10H,2,9,11H2,1H3,(H,27,28). The smallest absolute Gasteiger partial charge is 0.338 e. The number of amides is 1. The van der Waals surface area contributed by atoms with Crippen LogP contribution >= 0.6 is 0 Å². The van der Waals surface area contributed by atoms with Gasteiger partial charge in [-0.1, -0.05) is 6.92 Å². The Morgan fingerprint density at radius 2 is 1.62 bits per heavy atom. The Hall–Kier alpha value is -3.82. The van der Waals surface area contributed by atoms with Gasteiger partial charge < -0.3 is 19.2 Å². The first-order valence-electron chi connectivity index (χ1n) is 9.43. The molecule has 6 nitrogen and oxygen atoms in total. The zero-order chi connectivity index (χ0) is 23.3. The summed E-state index contributed by atoms with van der Waals surface area (Å²) in [6, 6.07) is 8.60. The van der Waals surface area contributed by atoms with Crippen LogP contribution in [0.4, 0.5) is 23.2 Å². The van der Waals surface area contributed by atoms with E-state index in [0.717, 1.165) is 0 Å². The maximum Gasteiger partial charge on any atom is 0.338 e. The Balaban J connectivity index is 1.61. The Bertz CT molecular complexity index is 1100. The quantitative estimate of drug-likeness (QED) is 0.288. The zero-order valence-electron chi connectivity index (χ0n) is 16.7. The predicted molar refractivity (Wildman–Crippen MR) is 104 cm³/mol. The van der Waals surface area contributed by atoms with Gasteiger partial charge in [-0.25, -0.2) is 13.6 Å². The molecule has 1 N–H and O–H groups in total. The molecular weight excluding hydrogens is 434 g/mol. The molecule has 0 aliphatic rings. The summed E-state index contributed by atoms with van der Waals surface area (Å²) >= 11 is 0. The topological polar surface area (TPSA) is 77.8 Å². The highest BCUT2D eigenvalue weighted by Gasteiger charge is 2.21. The SMILES string of the molecule is CCCOC(=O)c1ccc(NC(=O)c2ccc(COc3c(F)c(F)cc(F)c3F)o2)cc1. The molecule has 0 atom stereocenters. The van der Waals surface area contributed by atoms with Gasteiger partial charge in [0.1, 0.15) is 12.4 Å².